The first kappa shape index (κ1) is 26.9. The Hall–Kier alpha value is -3.72. The number of carbonyl (C=O) groups excluding carboxylic acids is 4. The van der Waals surface area contributed by atoms with Crippen molar-refractivity contribution in [3.8, 4) is 17.2 Å². The molecule has 0 spiro atoms. The summed E-state index contributed by atoms with van der Waals surface area (Å²) in [6, 6.07) is 10.1. The second-order valence-corrected chi connectivity index (χ2v) is 8.56. The summed E-state index contributed by atoms with van der Waals surface area (Å²) in [6.45, 7) is 1.76. The lowest BCUT2D eigenvalue weighted by atomic mass is 9.96. The number of Topliss-reactive ketones (excluding diaryl/α,β-unsaturated/α-hetero) is 3. The SMILES string of the molecule is COc1ccc(CO[C@@H]2CCC(=O)C(=O)C(=O)CCCc3cc(OC)cc(O)c3C(=O)O[C@H]2C)cc1. The van der Waals surface area contributed by atoms with E-state index < -0.39 is 35.5 Å². The van der Waals surface area contributed by atoms with E-state index in [1.165, 1.54) is 13.2 Å². The standard InChI is InChI=1S/C27H30O9/c1-16-24(35-15-17-7-9-19(33-2)10-8-17)12-11-22(29)26(31)21(28)6-4-5-18-13-20(34-3)14-23(30)25(18)27(32)36-16/h7-10,13-14,16,24,30H,4-6,11-12,15H2,1-3H3/t16-,24+/m0/s1. The van der Waals surface area contributed by atoms with Crippen LogP contribution in [0.15, 0.2) is 36.4 Å². The Labute approximate surface area is 209 Å². The predicted molar refractivity (Wildman–Crippen MR) is 128 cm³/mol. The number of cyclic esters (lactones) is 1. The van der Waals surface area contributed by atoms with Gasteiger partial charge in [-0.25, -0.2) is 4.79 Å². The average Bonchev–Trinajstić information content (AvgIpc) is 2.87. The number of aryl methyl sites for hydroxylation is 1. The summed E-state index contributed by atoms with van der Waals surface area (Å²) in [5, 5.41) is 10.5. The molecule has 192 valence electrons. The molecule has 2 aromatic carbocycles. The monoisotopic (exact) mass is 498 g/mol. The number of phenolic OH excluding ortho intramolecular Hbond substituents is 1. The molecule has 36 heavy (non-hydrogen) atoms. The van der Waals surface area contributed by atoms with Crippen LogP contribution in [0.4, 0.5) is 0 Å². The Morgan fingerprint density at radius 1 is 0.917 bits per heavy atom. The van der Waals surface area contributed by atoms with E-state index in [9.17, 15) is 24.3 Å². The number of aromatic hydroxyl groups is 1. The summed E-state index contributed by atoms with van der Waals surface area (Å²) >= 11 is 0. The van der Waals surface area contributed by atoms with Gasteiger partial charge in [-0.1, -0.05) is 12.1 Å². The Balaban J connectivity index is 1.88. The average molecular weight is 499 g/mol. The zero-order chi connectivity index (χ0) is 26.2. The third-order valence-corrected chi connectivity index (χ3v) is 6.06. The zero-order valence-corrected chi connectivity index (χ0v) is 20.6. The van der Waals surface area contributed by atoms with Gasteiger partial charge in [-0.05, 0) is 55.5 Å². The van der Waals surface area contributed by atoms with E-state index in [4.69, 9.17) is 18.9 Å². The van der Waals surface area contributed by atoms with E-state index in [-0.39, 0.29) is 50.0 Å². The molecule has 1 aliphatic heterocycles. The second kappa shape index (κ2) is 12.3. The molecule has 0 saturated carbocycles. The molecule has 3 rings (SSSR count). The molecule has 9 nitrogen and oxygen atoms in total. The van der Waals surface area contributed by atoms with Crippen LogP contribution in [0.2, 0.25) is 0 Å². The number of esters is 1. The molecule has 0 amide bonds. The Bertz CT molecular complexity index is 1120. The summed E-state index contributed by atoms with van der Waals surface area (Å²) in [5.41, 5.74) is 1.19. The molecule has 1 heterocycles. The smallest absolute Gasteiger partial charge is 0.342 e. The van der Waals surface area contributed by atoms with Crippen molar-refractivity contribution in [2.75, 3.05) is 14.2 Å². The molecule has 0 fully saturated rings. The molecule has 0 aliphatic carbocycles. The molecule has 2 atom stereocenters. The van der Waals surface area contributed by atoms with Gasteiger partial charge in [0.05, 0.1) is 26.9 Å². The van der Waals surface area contributed by atoms with Gasteiger partial charge in [0.25, 0.3) is 5.78 Å². The number of carbonyl (C=O) groups is 4. The highest BCUT2D eigenvalue weighted by molar-refractivity contribution is 6.63. The van der Waals surface area contributed by atoms with Crippen LogP contribution in [-0.4, -0.2) is 54.9 Å². The number of phenols is 1. The minimum atomic E-state index is -1.04. The number of benzene rings is 2. The fraction of sp³-hybridized carbons (Fsp3) is 0.407. The van der Waals surface area contributed by atoms with Gasteiger partial charge in [0.2, 0.25) is 11.6 Å². The maximum Gasteiger partial charge on any atom is 0.342 e. The van der Waals surface area contributed by atoms with Crippen LogP contribution in [0.5, 0.6) is 17.2 Å². The summed E-state index contributed by atoms with van der Waals surface area (Å²) in [7, 11) is 2.98. The van der Waals surface area contributed by atoms with Crippen LogP contribution in [0.1, 0.15) is 54.1 Å². The first-order chi connectivity index (χ1) is 17.2. The van der Waals surface area contributed by atoms with Gasteiger partial charge in [0.15, 0.2) is 0 Å². The van der Waals surface area contributed by atoms with Gasteiger partial charge in [0.1, 0.15) is 28.9 Å². The molecule has 2 aromatic rings. The van der Waals surface area contributed by atoms with Crippen molar-refractivity contribution in [3.63, 3.8) is 0 Å². The zero-order valence-electron chi connectivity index (χ0n) is 20.6. The Morgan fingerprint density at radius 2 is 1.58 bits per heavy atom. The first-order valence-electron chi connectivity index (χ1n) is 11.7. The lowest BCUT2D eigenvalue weighted by Gasteiger charge is -2.25. The summed E-state index contributed by atoms with van der Waals surface area (Å²) in [6.07, 6.45) is -1.52. The van der Waals surface area contributed by atoms with Crippen molar-refractivity contribution in [1.82, 2.24) is 0 Å². The minimum Gasteiger partial charge on any atom is -0.507 e. The van der Waals surface area contributed by atoms with Crippen molar-refractivity contribution in [1.29, 1.82) is 0 Å². The quantitative estimate of drug-likeness (QED) is 0.488. The van der Waals surface area contributed by atoms with E-state index in [2.05, 4.69) is 0 Å². The normalized spacial score (nSPS) is 19.8. The fourth-order valence-corrected chi connectivity index (χ4v) is 3.99. The molecule has 9 heteroatoms. The molecule has 1 N–H and O–H groups in total. The van der Waals surface area contributed by atoms with Crippen LogP contribution in [0.25, 0.3) is 0 Å². The van der Waals surface area contributed by atoms with Crippen molar-refractivity contribution >= 4 is 23.3 Å². The fourth-order valence-electron chi connectivity index (χ4n) is 3.99. The van der Waals surface area contributed by atoms with Crippen molar-refractivity contribution in [2.45, 2.75) is 57.8 Å². The lowest BCUT2D eigenvalue weighted by molar-refractivity contribution is -0.144. The Morgan fingerprint density at radius 3 is 2.25 bits per heavy atom. The van der Waals surface area contributed by atoms with E-state index >= 15 is 0 Å². The molecule has 0 bridgehead atoms. The molecule has 0 unspecified atom stereocenters. The van der Waals surface area contributed by atoms with Gasteiger partial charge in [-0.3, -0.25) is 14.4 Å². The van der Waals surface area contributed by atoms with Crippen LogP contribution in [0, 0.1) is 0 Å². The van der Waals surface area contributed by atoms with Gasteiger partial charge < -0.3 is 24.1 Å². The number of rotatable bonds is 5. The highest BCUT2D eigenvalue weighted by Crippen LogP contribution is 2.31. The van der Waals surface area contributed by atoms with Crippen LogP contribution >= 0.6 is 0 Å². The molecular formula is C27H30O9. The maximum atomic E-state index is 13.1. The van der Waals surface area contributed by atoms with E-state index in [0.29, 0.717) is 17.1 Å². The van der Waals surface area contributed by atoms with Crippen molar-refractivity contribution in [3.05, 3.63) is 53.1 Å². The summed E-state index contributed by atoms with van der Waals surface area (Å²) in [5.74, 6) is -2.69. The van der Waals surface area contributed by atoms with Crippen LogP contribution in [-0.2, 0) is 36.9 Å². The number of ketones is 3. The van der Waals surface area contributed by atoms with Crippen molar-refractivity contribution in [2.24, 2.45) is 0 Å². The van der Waals surface area contributed by atoms with Gasteiger partial charge in [0, 0.05) is 18.9 Å². The number of methoxy groups -OCH3 is 2. The Kier molecular flexibility index (Phi) is 9.19. The third kappa shape index (κ3) is 6.69. The second-order valence-electron chi connectivity index (χ2n) is 8.56. The molecule has 1 aliphatic rings. The van der Waals surface area contributed by atoms with Crippen molar-refractivity contribution < 1.29 is 43.2 Å². The summed E-state index contributed by atoms with van der Waals surface area (Å²) in [4.78, 5) is 50.1. The number of hydrogen-bond acceptors (Lipinski definition) is 9. The van der Waals surface area contributed by atoms with E-state index in [1.807, 2.05) is 12.1 Å². The third-order valence-electron chi connectivity index (χ3n) is 6.06. The number of fused-ring (bicyclic) bond motifs is 1. The highest BCUT2D eigenvalue weighted by atomic mass is 16.6. The molecule has 0 radical (unpaired) electrons. The van der Waals surface area contributed by atoms with Gasteiger partial charge in [-0.2, -0.15) is 0 Å². The highest BCUT2D eigenvalue weighted by Gasteiger charge is 2.30. The first-order valence-corrected chi connectivity index (χ1v) is 11.7. The van der Waals surface area contributed by atoms with E-state index in [1.54, 1.807) is 32.2 Å². The summed E-state index contributed by atoms with van der Waals surface area (Å²) < 4.78 is 22.0. The van der Waals surface area contributed by atoms with Crippen LogP contribution in [0.3, 0.4) is 0 Å². The topological polar surface area (TPSA) is 125 Å². The number of ether oxygens (including phenoxy) is 4. The van der Waals surface area contributed by atoms with Gasteiger partial charge in [-0.15, -0.1) is 0 Å². The molecule has 0 aromatic heterocycles. The van der Waals surface area contributed by atoms with Crippen LogP contribution < -0.4 is 9.47 Å². The maximum absolute atomic E-state index is 13.1. The minimum absolute atomic E-state index is 0.0385. The lowest BCUT2D eigenvalue weighted by Crippen LogP contribution is -2.33. The number of hydrogen-bond donors (Lipinski definition) is 1. The molecular weight excluding hydrogens is 468 g/mol. The largest absolute Gasteiger partial charge is 0.507 e. The van der Waals surface area contributed by atoms with E-state index in [0.717, 1.165) is 5.56 Å². The molecule has 0 saturated heterocycles. The van der Waals surface area contributed by atoms with Gasteiger partial charge >= 0.3 is 5.97 Å². The predicted octanol–water partition coefficient (Wildman–Crippen LogP) is 3.36.